The summed E-state index contributed by atoms with van der Waals surface area (Å²) in [7, 11) is 3.47. The molecule has 0 heterocycles. The van der Waals surface area contributed by atoms with Crippen molar-refractivity contribution in [3.05, 3.63) is 29.8 Å². The number of hydrogen-bond acceptors (Lipinski definition) is 3. The van der Waals surface area contributed by atoms with Gasteiger partial charge in [0.05, 0.1) is 7.11 Å². The van der Waals surface area contributed by atoms with E-state index in [1.165, 1.54) is 0 Å². The lowest BCUT2D eigenvalue weighted by Crippen LogP contribution is -2.14. The highest BCUT2D eigenvalue weighted by Crippen LogP contribution is 2.18. The zero-order chi connectivity index (χ0) is 11.1. The summed E-state index contributed by atoms with van der Waals surface area (Å²) in [5.41, 5.74) is 0.959. The summed E-state index contributed by atoms with van der Waals surface area (Å²) in [4.78, 5) is 11.5. The number of rotatable bonds is 6. The minimum atomic E-state index is 0.230. The average Bonchev–Trinajstić information content (AvgIpc) is 2.27. The molecule has 0 bridgehead atoms. The van der Waals surface area contributed by atoms with Crippen molar-refractivity contribution in [3.63, 3.8) is 0 Å². The highest BCUT2D eigenvalue weighted by Gasteiger charge is 2.07. The van der Waals surface area contributed by atoms with Gasteiger partial charge in [-0.15, -0.1) is 0 Å². The van der Waals surface area contributed by atoms with Gasteiger partial charge < -0.3 is 10.1 Å². The molecule has 0 aromatic heterocycles. The highest BCUT2D eigenvalue weighted by molar-refractivity contribution is 5.81. The quantitative estimate of drug-likeness (QED) is 0.766. The van der Waals surface area contributed by atoms with Gasteiger partial charge in [-0.05, 0) is 13.1 Å². The van der Waals surface area contributed by atoms with Gasteiger partial charge >= 0.3 is 0 Å². The molecule has 0 aliphatic heterocycles. The normalized spacial score (nSPS) is 10.0. The second-order valence-corrected chi connectivity index (χ2v) is 3.38. The van der Waals surface area contributed by atoms with E-state index < -0.39 is 0 Å². The van der Waals surface area contributed by atoms with E-state index in [0.29, 0.717) is 12.8 Å². The van der Waals surface area contributed by atoms with Gasteiger partial charge in [-0.2, -0.15) is 0 Å². The Morgan fingerprint density at radius 3 is 2.80 bits per heavy atom. The predicted octanol–water partition coefficient (Wildman–Crippen LogP) is 1.42. The Labute approximate surface area is 90.4 Å². The maximum Gasteiger partial charge on any atom is 0.138 e. The Balaban J connectivity index is 2.59. The van der Waals surface area contributed by atoms with Gasteiger partial charge in [0.25, 0.3) is 0 Å². The first-order chi connectivity index (χ1) is 7.27. The zero-order valence-electron chi connectivity index (χ0n) is 9.25. The molecule has 0 unspecified atom stereocenters. The van der Waals surface area contributed by atoms with Gasteiger partial charge in [-0.25, -0.2) is 0 Å². The van der Waals surface area contributed by atoms with E-state index in [0.717, 1.165) is 17.9 Å². The number of carbonyl (C=O) groups is 1. The second-order valence-electron chi connectivity index (χ2n) is 3.38. The lowest BCUT2D eigenvalue weighted by Gasteiger charge is -2.07. The van der Waals surface area contributed by atoms with E-state index >= 15 is 0 Å². The first-order valence-electron chi connectivity index (χ1n) is 5.06. The number of methoxy groups -OCH3 is 1. The van der Waals surface area contributed by atoms with Crippen LogP contribution in [0.1, 0.15) is 12.0 Å². The van der Waals surface area contributed by atoms with Crippen LogP contribution in [-0.4, -0.2) is 26.5 Å². The van der Waals surface area contributed by atoms with Gasteiger partial charge in [-0.1, -0.05) is 18.2 Å². The van der Waals surface area contributed by atoms with Crippen molar-refractivity contribution in [2.24, 2.45) is 0 Å². The molecule has 0 amide bonds. The predicted molar refractivity (Wildman–Crippen MR) is 60.2 cm³/mol. The third-order valence-corrected chi connectivity index (χ3v) is 2.23. The summed E-state index contributed by atoms with van der Waals surface area (Å²) in [5.74, 6) is 1.02. The van der Waals surface area contributed by atoms with Crippen LogP contribution in [0.3, 0.4) is 0 Å². The fraction of sp³-hybridized carbons (Fsp3) is 0.417. The molecule has 0 aliphatic rings. The van der Waals surface area contributed by atoms with Crippen molar-refractivity contribution in [1.82, 2.24) is 5.32 Å². The molecule has 82 valence electrons. The Kier molecular flexibility index (Phi) is 4.84. The largest absolute Gasteiger partial charge is 0.496 e. The van der Waals surface area contributed by atoms with Gasteiger partial charge in [-0.3, -0.25) is 4.79 Å². The Morgan fingerprint density at radius 2 is 2.13 bits per heavy atom. The van der Waals surface area contributed by atoms with Crippen molar-refractivity contribution in [1.29, 1.82) is 0 Å². The third kappa shape index (κ3) is 3.72. The van der Waals surface area contributed by atoms with E-state index in [4.69, 9.17) is 4.74 Å². The lowest BCUT2D eigenvalue weighted by atomic mass is 10.1. The SMILES string of the molecule is CNCCC(=O)Cc1ccccc1OC. The Hall–Kier alpha value is -1.35. The van der Waals surface area contributed by atoms with Crippen LogP contribution in [0.15, 0.2) is 24.3 Å². The molecule has 0 radical (unpaired) electrons. The topological polar surface area (TPSA) is 38.3 Å². The summed E-state index contributed by atoms with van der Waals surface area (Å²) in [6.45, 7) is 0.730. The summed E-state index contributed by atoms with van der Waals surface area (Å²) in [6.07, 6.45) is 1.01. The van der Waals surface area contributed by atoms with Crippen LogP contribution in [0.25, 0.3) is 0 Å². The van der Waals surface area contributed by atoms with Crippen LogP contribution in [0.5, 0.6) is 5.75 Å². The van der Waals surface area contributed by atoms with Crippen molar-refractivity contribution in [2.75, 3.05) is 20.7 Å². The Morgan fingerprint density at radius 1 is 1.40 bits per heavy atom. The Bertz CT molecular complexity index is 323. The lowest BCUT2D eigenvalue weighted by molar-refractivity contribution is -0.118. The van der Waals surface area contributed by atoms with Crippen LogP contribution < -0.4 is 10.1 Å². The molecule has 0 spiro atoms. The molecule has 1 N–H and O–H groups in total. The van der Waals surface area contributed by atoms with Crippen molar-refractivity contribution < 1.29 is 9.53 Å². The molecule has 3 heteroatoms. The van der Waals surface area contributed by atoms with Crippen LogP contribution in [-0.2, 0) is 11.2 Å². The van der Waals surface area contributed by atoms with Crippen LogP contribution in [0.4, 0.5) is 0 Å². The number of hydrogen-bond donors (Lipinski definition) is 1. The van der Waals surface area contributed by atoms with E-state index in [-0.39, 0.29) is 5.78 Å². The summed E-state index contributed by atoms with van der Waals surface area (Å²) in [5, 5.41) is 2.96. The number of carbonyl (C=O) groups excluding carboxylic acids is 1. The average molecular weight is 207 g/mol. The molecule has 0 saturated carbocycles. The fourth-order valence-corrected chi connectivity index (χ4v) is 1.41. The van der Waals surface area contributed by atoms with Crippen molar-refractivity contribution in [2.45, 2.75) is 12.8 Å². The molecule has 0 fully saturated rings. The zero-order valence-corrected chi connectivity index (χ0v) is 9.25. The van der Waals surface area contributed by atoms with Gasteiger partial charge in [0.2, 0.25) is 0 Å². The minimum absolute atomic E-state index is 0.230. The summed E-state index contributed by atoms with van der Waals surface area (Å²) in [6, 6.07) is 7.63. The molecular formula is C12H17NO2. The van der Waals surface area contributed by atoms with Gasteiger partial charge in [0.15, 0.2) is 0 Å². The van der Waals surface area contributed by atoms with Gasteiger partial charge in [0.1, 0.15) is 11.5 Å². The molecule has 1 aromatic carbocycles. The summed E-state index contributed by atoms with van der Waals surface area (Å²) >= 11 is 0. The van der Waals surface area contributed by atoms with Crippen LogP contribution >= 0.6 is 0 Å². The molecule has 1 aromatic rings. The monoisotopic (exact) mass is 207 g/mol. The first-order valence-corrected chi connectivity index (χ1v) is 5.06. The van der Waals surface area contributed by atoms with E-state index in [2.05, 4.69) is 5.32 Å². The number of nitrogens with one attached hydrogen (secondary N) is 1. The van der Waals surface area contributed by atoms with E-state index in [9.17, 15) is 4.79 Å². The molecule has 1 rings (SSSR count). The van der Waals surface area contributed by atoms with Crippen LogP contribution in [0, 0.1) is 0 Å². The van der Waals surface area contributed by atoms with Gasteiger partial charge in [0, 0.05) is 24.9 Å². The first kappa shape index (κ1) is 11.7. The minimum Gasteiger partial charge on any atom is -0.496 e. The van der Waals surface area contributed by atoms with E-state index in [1.807, 2.05) is 31.3 Å². The number of ketones is 1. The highest BCUT2D eigenvalue weighted by atomic mass is 16.5. The molecule has 0 atom stereocenters. The smallest absolute Gasteiger partial charge is 0.138 e. The maximum absolute atomic E-state index is 11.5. The second kappa shape index (κ2) is 6.19. The number of benzene rings is 1. The van der Waals surface area contributed by atoms with Crippen LogP contribution in [0.2, 0.25) is 0 Å². The molecule has 0 aliphatic carbocycles. The molecular weight excluding hydrogens is 190 g/mol. The number of ether oxygens (including phenoxy) is 1. The fourth-order valence-electron chi connectivity index (χ4n) is 1.41. The number of Topliss-reactive ketones (excluding diaryl/α,β-unsaturated/α-hetero) is 1. The maximum atomic E-state index is 11.5. The number of para-hydroxylation sites is 1. The van der Waals surface area contributed by atoms with Crippen molar-refractivity contribution in [3.8, 4) is 5.75 Å². The van der Waals surface area contributed by atoms with Crippen molar-refractivity contribution >= 4 is 5.78 Å². The molecule has 3 nitrogen and oxygen atoms in total. The standard InChI is InChI=1S/C12H17NO2/c1-13-8-7-11(14)9-10-5-3-4-6-12(10)15-2/h3-6,13H,7-9H2,1-2H3. The third-order valence-electron chi connectivity index (χ3n) is 2.23. The molecule has 15 heavy (non-hydrogen) atoms. The van der Waals surface area contributed by atoms with E-state index in [1.54, 1.807) is 7.11 Å². The molecule has 0 saturated heterocycles. The summed E-state index contributed by atoms with van der Waals surface area (Å²) < 4.78 is 5.18.